The van der Waals surface area contributed by atoms with E-state index in [1.807, 2.05) is 6.92 Å². The number of nitrogens with one attached hydrogen (secondary N) is 1. The van der Waals surface area contributed by atoms with E-state index in [0.717, 1.165) is 38.3 Å². The van der Waals surface area contributed by atoms with E-state index in [0.29, 0.717) is 0 Å². The van der Waals surface area contributed by atoms with Crippen LogP contribution in [0.1, 0.15) is 39.0 Å². The van der Waals surface area contributed by atoms with Gasteiger partial charge < -0.3 is 10.1 Å². The van der Waals surface area contributed by atoms with Gasteiger partial charge in [-0.05, 0) is 45.1 Å². The Morgan fingerprint density at radius 2 is 2.06 bits per heavy atom. The summed E-state index contributed by atoms with van der Waals surface area (Å²) in [7, 11) is 0. The molecule has 1 saturated carbocycles. The molecule has 1 saturated heterocycles. The van der Waals surface area contributed by atoms with Crippen molar-refractivity contribution >= 4 is 0 Å². The lowest BCUT2D eigenvalue weighted by Crippen LogP contribution is -2.45. The molecular formula is C14H28N2O. The maximum atomic E-state index is 5.32. The van der Waals surface area contributed by atoms with Gasteiger partial charge in [0.2, 0.25) is 0 Å². The van der Waals surface area contributed by atoms with Crippen LogP contribution in [0.25, 0.3) is 0 Å². The molecule has 2 aliphatic rings. The fourth-order valence-corrected chi connectivity index (χ4v) is 3.47. The number of hydrogen-bond donors (Lipinski definition) is 1. The molecule has 0 aromatic rings. The van der Waals surface area contributed by atoms with Crippen molar-refractivity contribution in [2.45, 2.75) is 45.1 Å². The van der Waals surface area contributed by atoms with Crippen molar-refractivity contribution < 1.29 is 4.74 Å². The summed E-state index contributed by atoms with van der Waals surface area (Å²) >= 11 is 0. The van der Waals surface area contributed by atoms with Crippen LogP contribution in [-0.2, 0) is 4.74 Å². The van der Waals surface area contributed by atoms with Gasteiger partial charge in [-0.3, -0.25) is 4.90 Å². The molecule has 0 spiro atoms. The second-order valence-corrected chi connectivity index (χ2v) is 5.38. The summed E-state index contributed by atoms with van der Waals surface area (Å²) in [6, 6.07) is 0.914. The summed E-state index contributed by atoms with van der Waals surface area (Å²) < 4.78 is 5.32. The van der Waals surface area contributed by atoms with E-state index in [1.165, 1.54) is 45.2 Å². The first-order chi connectivity index (χ1) is 8.42. The first kappa shape index (κ1) is 13.3. The molecular weight excluding hydrogens is 212 g/mol. The maximum Gasteiger partial charge on any atom is 0.0590 e. The molecule has 1 N–H and O–H groups in total. The van der Waals surface area contributed by atoms with E-state index >= 15 is 0 Å². The molecule has 17 heavy (non-hydrogen) atoms. The van der Waals surface area contributed by atoms with Gasteiger partial charge in [-0.25, -0.2) is 0 Å². The van der Waals surface area contributed by atoms with Gasteiger partial charge in [0, 0.05) is 32.3 Å². The number of likely N-dealkylation sites (tertiary alicyclic amines) is 1. The van der Waals surface area contributed by atoms with Gasteiger partial charge in [0.1, 0.15) is 0 Å². The average molecular weight is 240 g/mol. The van der Waals surface area contributed by atoms with Crippen LogP contribution in [0.2, 0.25) is 0 Å². The minimum absolute atomic E-state index is 0.831. The van der Waals surface area contributed by atoms with Crippen LogP contribution >= 0.6 is 0 Å². The predicted octanol–water partition coefficient (Wildman–Crippen LogP) is 1.88. The Kier molecular flexibility index (Phi) is 5.75. The summed E-state index contributed by atoms with van der Waals surface area (Å²) in [5, 5.41) is 3.48. The summed E-state index contributed by atoms with van der Waals surface area (Å²) in [5.41, 5.74) is 0. The van der Waals surface area contributed by atoms with Crippen molar-refractivity contribution in [2.75, 3.05) is 39.4 Å². The summed E-state index contributed by atoms with van der Waals surface area (Å²) in [4.78, 5) is 2.73. The number of nitrogens with zero attached hydrogens (tertiary/aromatic N) is 1. The third-order valence-electron chi connectivity index (χ3n) is 4.31. The van der Waals surface area contributed by atoms with Gasteiger partial charge in [-0.1, -0.05) is 6.42 Å². The van der Waals surface area contributed by atoms with E-state index in [9.17, 15) is 0 Å². The Morgan fingerprint density at radius 3 is 2.94 bits per heavy atom. The molecule has 2 atom stereocenters. The maximum absolute atomic E-state index is 5.32. The van der Waals surface area contributed by atoms with Crippen LogP contribution in [0.4, 0.5) is 0 Å². The molecule has 1 heterocycles. The number of fused-ring (bicyclic) bond motifs is 1. The lowest BCUT2D eigenvalue weighted by Gasteiger charge is -2.37. The molecule has 100 valence electrons. The van der Waals surface area contributed by atoms with Gasteiger partial charge in [-0.15, -0.1) is 0 Å². The second-order valence-electron chi connectivity index (χ2n) is 5.38. The van der Waals surface area contributed by atoms with Crippen molar-refractivity contribution in [2.24, 2.45) is 5.92 Å². The third kappa shape index (κ3) is 3.94. The minimum atomic E-state index is 0.831. The van der Waals surface area contributed by atoms with Crippen LogP contribution in [0.3, 0.4) is 0 Å². The topological polar surface area (TPSA) is 24.5 Å². The molecule has 3 heteroatoms. The van der Waals surface area contributed by atoms with Crippen molar-refractivity contribution in [1.29, 1.82) is 0 Å². The zero-order valence-electron chi connectivity index (χ0n) is 11.3. The second kappa shape index (κ2) is 7.34. The molecule has 0 aromatic heterocycles. The highest BCUT2D eigenvalue weighted by Crippen LogP contribution is 2.36. The van der Waals surface area contributed by atoms with Crippen LogP contribution in [0.15, 0.2) is 0 Å². The number of piperidine rings is 1. The molecule has 1 aliphatic heterocycles. The molecule has 0 radical (unpaired) electrons. The Labute approximate surface area is 106 Å². The number of hydrogen-bond acceptors (Lipinski definition) is 3. The van der Waals surface area contributed by atoms with Crippen molar-refractivity contribution in [1.82, 2.24) is 10.2 Å². The first-order valence-electron chi connectivity index (χ1n) is 7.44. The normalized spacial score (nSPS) is 29.5. The summed E-state index contributed by atoms with van der Waals surface area (Å²) in [6.07, 6.45) is 7.30. The van der Waals surface area contributed by atoms with Crippen LogP contribution in [0.5, 0.6) is 0 Å². The van der Waals surface area contributed by atoms with E-state index in [2.05, 4.69) is 10.2 Å². The van der Waals surface area contributed by atoms with Gasteiger partial charge in [0.15, 0.2) is 0 Å². The SMILES string of the molecule is CCOCCNCCN1CCCC2CCCC21. The molecule has 1 aliphatic carbocycles. The predicted molar refractivity (Wildman–Crippen MR) is 71.3 cm³/mol. The van der Waals surface area contributed by atoms with E-state index in [4.69, 9.17) is 4.74 Å². The van der Waals surface area contributed by atoms with Gasteiger partial charge in [-0.2, -0.15) is 0 Å². The summed E-state index contributed by atoms with van der Waals surface area (Å²) in [6.45, 7) is 8.40. The van der Waals surface area contributed by atoms with Gasteiger partial charge >= 0.3 is 0 Å². The first-order valence-corrected chi connectivity index (χ1v) is 7.44. The zero-order chi connectivity index (χ0) is 11.9. The Bertz CT molecular complexity index is 210. The Hall–Kier alpha value is -0.120. The molecule has 0 bridgehead atoms. The van der Waals surface area contributed by atoms with Gasteiger partial charge in [0.05, 0.1) is 6.61 Å². The highest BCUT2D eigenvalue weighted by molar-refractivity contribution is 4.89. The van der Waals surface area contributed by atoms with Crippen molar-refractivity contribution in [3.8, 4) is 0 Å². The molecule has 3 nitrogen and oxygen atoms in total. The quantitative estimate of drug-likeness (QED) is 0.688. The van der Waals surface area contributed by atoms with Crippen LogP contribution in [-0.4, -0.2) is 50.3 Å². The van der Waals surface area contributed by atoms with E-state index in [1.54, 1.807) is 0 Å². The molecule has 2 unspecified atom stereocenters. The third-order valence-corrected chi connectivity index (χ3v) is 4.31. The highest BCUT2D eigenvalue weighted by atomic mass is 16.5. The highest BCUT2D eigenvalue weighted by Gasteiger charge is 2.34. The van der Waals surface area contributed by atoms with Crippen LogP contribution in [0, 0.1) is 5.92 Å². The number of rotatable bonds is 7. The van der Waals surface area contributed by atoms with Gasteiger partial charge in [0.25, 0.3) is 0 Å². The largest absolute Gasteiger partial charge is 0.380 e. The molecule has 2 fully saturated rings. The smallest absolute Gasteiger partial charge is 0.0590 e. The Morgan fingerprint density at radius 1 is 1.18 bits per heavy atom. The van der Waals surface area contributed by atoms with Crippen molar-refractivity contribution in [3.63, 3.8) is 0 Å². The monoisotopic (exact) mass is 240 g/mol. The van der Waals surface area contributed by atoms with Crippen molar-refractivity contribution in [3.05, 3.63) is 0 Å². The van der Waals surface area contributed by atoms with Crippen LogP contribution < -0.4 is 5.32 Å². The van der Waals surface area contributed by atoms with E-state index < -0.39 is 0 Å². The molecule has 2 rings (SSSR count). The standard InChI is InChI=1S/C14H28N2O/c1-2-17-12-9-15-8-11-16-10-4-6-13-5-3-7-14(13)16/h13-15H,2-12H2,1H3. The lowest BCUT2D eigenvalue weighted by atomic mass is 9.92. The molecule has 0 aromatic carbocycles. The fourth-order valence-electron chi connectivity index (χ4n) is 3.47. The Balaban J connectivity index is 1.58. The fraction of sp³-hybridized carbons (Fsp3) is 1.00. The number of ether oxygens (including phenoxy) is 1. The molecule has 0 amide bonds. The lowest BCUT2D eigenvalue weighted by molar-refractivity contribution is 0.111. The minimum Gasteiger partial charge on any atom is -0.380 e. The van der Waals surface area contributed by atoms with E-state index in [-0.39, 0.29) is 0 Å². The zero-order valence-corrected chi connectivity index (χ0v) is 11.3. The average Bonchev–Trinajstić information content (AvgIpc) is 2.82. The summed E-state index contributed by atoms with van der Waals surface area (Å²) in [5.74, 6) is 1.02.